The van der Waals surface area contributed by atoms with Crippen LogP contribution in [-0.4, -0.2) is 24.6 Å². The average Bonchev–Trinajstić information content (AvgIpc) is 3.16. The fourth-order valence-corrected chi connectivity index (χ4v) is 4.87. The molecule has 1 N–H and O–H groups in total. The van der Waals surface area contributed by atoms with Gasteiger partial charge in [0.2, 0.25) is 5.91 Å². The molecule has 0 radical (unpaired) electrons. The molecule has 1 aliphatic carbocycles. The maximum Gasteiger partial charge on any atom is 0.243 e. The van der Waals surface area contributed by atoms with Crippen molar-refractivity contribution < 1.29 is 14.3 Å². The highest BCUT2D eigenvalue weighted by atomic mass is 32.2. The number of methoxy groups -OCH3 is 1. The lowest BCUT2D eigenvalue weighted by molar-refractivity contribution is -0.126. The normalized spacial score (nSPS) is 20.7. The fourth-order valence-electron chi connectivity index (χ4n) is 3.86. The van der Waals surface area contributed by atoms with Crippen LogP contribution >= 0.6 is 11.8 Å². The number of nitrogens with zero attached hydrogens (tertiary/aromatic N) is 2. The van der Waals surface area contributed by atoms with E-state index in [2.05, 4.69) is 17.5 Å². The lowest BCUT2D eigenvalue weighted by Crippen LogP contribution is -2.46. The maximum absolute atomic E-state index is 12.5. The minimum absolute atomic E-state index is 0.0976. The van der Waals surface area contributed by atoms with Crippen LogP contribution in [0.1, 0.15) is 36.0 Å². The van der Waals surface area contributed by atoms with Crippen molar-refractivity contribution in [2.75, 3.05) is 12.9 Å². The lowest BCUT2D eigenvalue weighted by Gasteiger charge is -2.37. The lowest BCUT2D eigenvalue weighted by atomic mass is 9.67. The maximum atomic E-state index is 12.5. The number of nitriles is 2. The van der Waals surface area contributed by atoms with E-state index < -0.39 is 11.3 Å². The molecule has 1 saturated carbocycles. The van der Waals surface area contributed by atoms with Gasteiger partial charge in [0.15, 0.2) is 5.78 Å². The molecule has 0 unspecified atom stereocenters. The first kappa shape index (κ1) is 19.0. The van der Waals surface area contributed by atoms with Gasteiger partial charge in [-0.2, -0.15) is 10.5 Å². The molecular weight excluding hydrogens is 362 g/mol. The summed E-state index contributed by atoms with van der Waals surface area (Å²) in [6.07, 6.45) is 3.08. The van der Waals surface area contributed by atoms with Gasteiger partial charge in [-0.15, -0.1) is 0 Å². The molecule has 1 aromatic carbocycles. The van der Waals surface area contributed by atoms with E-state index in [-0.39, 0.29) is 17.4 Å². The van der Waals surface area contributed by atoms with Crippen molar-refractivity contribution >= 4 is 23.5 Å². The molecule has 1 atom stereocenters. The molecule has 0 saturated heterocycles. The Bertz CT molecular complexity index is 871. The van der Waals surface area contributed by atoms with E-state index in [1.165, 1.54) is 0 Å². The largest absolute Gasteiger partial charge is 0.497 e. The Labute approximate surface area is 162 Å². The van der Waals surface area contributed by atoms with Crippen LogP contribution in [0, 0.1) is 34.0 Å². The zero-order valence-electron chi connectivity index (χ0n) is 14.9. The zero-order valence-corrected chi connectivity index (χ0v) is 15.8. The molecule has 0 bridgehead atoms. The molecule has 7 heteroatoms. The summed E-state index contributed by atoms with van der Waals surface area (Å²) in [5.74, 6) is -0.571. The summed E-state index contributed by atoms with van der Waals surface area (Å²) in [5.41, 5.74) is 0.269. The summed E-state index contributed by atoms with van der Waals surface area (Å²) in [5, 5.41) is 22.3. The number of carbonyl (C=O) groups excluding carboxylic acids is 2. The van der Waals surface area contributed by atoms with Gasteiger partial charge < -0.3 is 10.1 Å². The van der Waals surface area contributed by atoms with E-state index >= 15 is 0 Å². The highest BCUT2D eigenvalue weighted by molar-refractivity contribution is 8.03. The van der Waals surface area contributed by atoms with E-state index in [1.54, 1.807) is 31.4 Å². The van der Waals surface area contributed by atoms with E-state index in [1.807, 2.05) is 0 Å². The third kappa shape index (κ3) is 3.43. The smallest absolute Gasteiger partial charge is 0.243 e. The van der Waals surface area contributed by atoms with Crippen molar-refractivity contribution in [3.63, 3.8) is 0 Å². The van der Waals surface area contributed by atoms with E-state index in [4.69, 9.17) is 4.74 Å². The van der Waals surface area contributed by atoms with E-state index in [0.717, 1.165) is 24.6 Å². The number of ether oxygens (including phenoxy) is 1. The van der Waals surface area contributed by atoms with Crippen molar-refractivity contribution in [2.24, 2.45) is 11.3 Å². The van der Waals surface area contributed by atoms with Crippen LogP contribution in [0.5, 0.6) is 5.75 Å². The number of benzene rings is 1. The van der Waals surface area contributed by atoms with Crippen molar-refractivity contribution in [1.29, 1.82) is 10.5 Å². The standard InChI is InChI=1S/C20H19N3O3S/c1-26-14-6-4-13(5-7-14)17(24)12-27-19-16(11-22)20(8-2-3-9-20)15(10-21)18(25)23-19/h4-7,15H,2-3,8-9,12H2,1H3,(H,23,25)/t15-/m1/s1. The molecule has 1 aliphatic heterocycles. The number of Topliss-reactive ketones (excluding diaryl/α,β-unsaturated/α-hetero) is 1. The number of allylic oxidation sites excluding steroid dienone is 1. The van der Waals surface area contributed by atoms with Crippen LogP contribution < -0.4 is 10.1 Å². The molecular formula is C20H19N3O3S. The summed E-state index contributed by atoms with van der Waals surface area (Å²) in [4.78, 5) is 24.9. The number of rotatable bonds is 5. The zero-order chi connectivity index (χ0) is 19.4. The van der Waals surface area contributed by atoms with Gasteiger partial charge in [0, 0.05) is 11.0 Å². The Morgan fingerprint density at radius 2 is 1.96 bits per heavy atom. The molecule has 1 amide bonds. The molecule has 138 valence electrons. The predicted octanol–water partition coefficient (Wildman–Crippen LogP) is 3.18. The van der Waals surface area contributed by atoms with Crippen molar-refractivity contribution in [3.8, 4) is 17.9 Å². The Morgan fingerprint density at radius 3 is 2.52 bits per heavy atom. The first-order valence-corrected chi connectivity index (χ1v) is 9.69. The number of ketones is 1. The Morgan fingerprint density at radius 1 is 1.30 bits per heavy atom. The SMILES string of the molecule is COc1ccc(C(=O)CSC2=C(C#N)C3(CCCC3)[C@H](C#N)C(=O)N2)cc1. The van der Waals surface area contributed by atoms with E-state index in [9.17, 15) is 20.1 Å². The summed E-state index contributed by atoms with van der Waals surface area (Å²) in [6, 6.07) is 11.1. The van der Waals surface area contributed by atoms with Gasteiger partial charge in [-0.3, -0.25) is 9.59 Å². The third-order valence-corrected chi connectivity index (χ3v) is 6.27. The van der Waals surface area contributed by atoms with E-state index in [0.29, 0.717) is 34.8 Å². The van der Waals surface area contributed by atoms with Crippen LogP contribution in [0.25, 0.3) is 0 Å². The van der Waals surface area contributed by atoms with Crippen molar-refractivity contribution in [2.45, 2.75) is 25.7 Å². The summed E-state index contributed by atoms with van der Waals surface area (Å²) < 4.78 is 5.08. The molecule has 27 heavy (non-hydrogen) atoms. The second kappa shape index (κ2) is 7.85. The molecule has 2 aliphatic rings. The third-order valence-electron chi connectivity index (χ3n) is 5.27. The Kier molecular flexibility index (Phi) is 5.53. The van der Waals surface area contributed by atoms with Crippen molar-refractivity contribution in [3.05, 3.63) is 40.4 Å². The van der Waals surface area contributed by atoms with Gasteiger partial charge in [-0.05, 0) is 37.1 Å². The minimum atomic E-state index is -0.851. The number of carbonyl (C=O) groups is 2. The minimum Gasteiger partial charge on any atom is -0.497 e. The van der Waals surface area contributed by atoms with Gasteiger partial charge in [0.05, 0.1) is 35.6 Å². The van der Waals surface area contributed by atoms with Gasteiger partial charge >= 0.3 is 0 Å². The molecule has 1 spiro atoms. The van der Waals surface area contributed by atoms with Gasteiger partial charge in [0.1, 0.15) is 11.7 Å². The number of thioether (sulfide) groups is 1. The van der Waals surface area contributed by atoms with Gasteiger partial charge in [0.25, 0.3) is 0 Å². The molecule has 1 heterocycles. The molecule has 0 aromatic heterocycles. The molecule has 1 fully saturated rings. The molecule has 1 aromatic rings. The average molecular weight is 381 g/mol. The van der Waals surface area contributed by atoms with Gasteiger partial charge in [-0.25, -0.2) is 0 Å². The number of amides is 1. The van der Waals surface area contributed by atoms with Crippen LogP contribution in [0.3, 0.4) is 0 Å². The first-order chi connectivity index (χ1) is 13.1. The molecule has 3 rings (SSSR count). The number of nitrogens with one attached hydrogen (secondary N) is 1. The van der Waals surface area contributed by atoms with Crippen LogP contribution in [0.15, 0.2) is 34.9 Å². The summed E-state index contributed by atoms with van der Waals surface area (Å²) in [7, 11) is 1.56. The monoisotopic (exact) mass is 381 g/mol. The van der Waals surface area contributed by atoms with Crippen molar-refractivity contribution in [1.82, 2.24) is 5.32 Å². The predicted molar refractivity (Wildman–Crippen MR) is 101 cm³/mol. The topological polar surface area (TPSA) is 103 Å². The van der Waals surface area contributed by atoms with Crippen LogP contribution in [0.4, 0.5) is 0 Å². The number of hydrogen-bond donors (Lipinski definition) is 1. The Balaban J connectivity index is 1.83. The summed E-state index contributed by atoms with van der Waals surface area (Å²) >= 11 is 1.16. The highest BCUT2D eigenvalue weighted by Gasteiger charge is 2.52. The second-order valence-corrected chi connectivity index (χ2v) is 7.66. The Hall–Kier alpha value is -2.77. The molecule has 6 nitrogen and oxygen atoms in total. The van der Waals surface area contributed by atoms with Crippen LogP contribution in [-0.2, 0) is 4.79 Å². The first-order valence-electron chi connectivity index (χ1n) is 8.71. The summed E-state index contributed by atoms with van der Waals surface area (Å²) in [6.45, 7) is 0. The second-order valence-electron chi connectivity index (χ2n) is 6.67. The number of hydrogen-bond acceptors (Lipinski definition) is 6. The van der Waals surface area contributed by atoms with Crippen LogP contribution in [0.2, 0.25) is 0 Å². The fraction of sp³-hybridized carbons (Fsp3) is 0.400. The quantitative estimate of drug-likeness (QED) is 0.786. The van der Waals surface area contributed by atoms with Gasteiger partial charge in [-0.1, -0.05) is 24.6 Å². The highest BCUT2D eigenvalue weighted by Crippen LogP contribution is 2.53.